The molecule has 3 nitrogen and oxygen atoms in total. The molecule has 1 aliphatic rings. The van der Waals surface area contributed by atoms with Crippen LogP contribution in [0.2, 0.25) is 0 Å². The van der Waals surface area contributed by atoms with Crippen LogP contribution in [0.3, 0.4) is 0 Å². The Kier molecular flexibility index (Phi) is 4.19. The Morgan fingerprint density at radius 1 is 1.44 bits per heavy atom. The van der Waals surface area contributed by atoms with Gasteiger partial charge in [0.05, 0.1) is 13.2 Å². The van der Waals surface area contributed by atoms with E-state index in [2.05, 4.69) is 23.5 Å². The molecule has 0 amide bonds. The Bertz CT molecular complexity index is 339. The van der Waals surface area contributed by atoms with Crippen LogP contribution in [0.25, 0.3) is 0 Å². The highest BCUT2D eigenvalue weighted by atomic mass is 16.5. The third kappa shape index (κ3) is 2.74. The van der Waals surface area contributed by atoms with Gasteiger partial charge >= 0.3 is 0 Å². The van der Waals surface area contributed by atoms with Crippen LogP contribution in [-0.4, -0.2) is 26.9 Å². The highest BCUT2D eigenvalue weighted by molar-refractivity contribution is 5.42. The molecule has 0 unspecified atom stereocenters. The molecule has 0 fully saturated rings. The van der Waals surface area contributed by atoms with Gasteiger partial charge in [-0.2, -0.15) is 0 Å². The van der Waals surface area contributed by atoms with Crippen molar-refractivity contribution in [1.29, 1.82) is 0 Å². The molecule has 1 aliphatic heterocycles. The average Bonchev–Trinajstić information content (AvgIpc) is 2.35. The minimum atomic E-state index is 0.746. The number of fused-ring (bicyclic) bond motifs is 1. The van der Waals surface area contributed by atoms with E-state index in [1.54, 1.807) is 7.11 Å². The number of methoxy groups -OCH3 is 1. The predicted molar refractivity (Wildman–Crippen MR) is 63.8 cm³/mol. The summed E-state index contributed by atoms with van der Waals surface area (Å²) in [5.74, 6) is 1.10. The van der Waals surface area contributed by atoms with Crippen LogP contribution in [0, 0.1) is 0 Å². The summed E-state index contributed by atoms with van der Waals surface area (Å²) in [5, 5.41) is 3.35. The van der Waals surface area contributed by atoms with Crippen LogP contribution in [0.1, 0.15) is 17.5 Å². The summed E-state index contributed by atoms with van der Waals surface area (Å²) in [4.78, 5) is 0. The van der Waals surface area contributed by atoms with Crippen LogP contribution < -0.4 is 10.1 Å². The topological polar surface area (TPSA) is 30.5 Å². The van der Waals surface area contributed by atoms with Gasteiger partial charge in [-0.25, -0.2) is 0 Å². The maximum atomic E-state index is 5.74. The van der Waals surface area contributed by atoms with E-state index in [1.807, 2.05) is 0 Å². The zero-order valence-corrected chi connectivity index (χ0v) is 9.79. The lowest BCUT2D eigenvalue weighted by atomic mass is 10.0. The van der Waals surface area contributed by atoms with Gasteiger partial charge in [-0.1, -0.05) is 18.2 Å². The van der Waals surface area contributed by atoms with Gasteiger partial charge in [0.25, 0.3) is 0 Å². The number of aryl methyl sites for hydroxylation is 1. The normalized spacial score (nSPS) is 14.3. The molecule has 0 radical (unpaired) electrons. The number of rotatable bonds is 5. The summed E-state index contributed by atoms with van der Waals surface area (Å²) in [5.41, 5.74) is 2.60. The van der Waals surface area contributed by atoms with Crippen molar-refractivity contribution in [3.8, 4) is 5.75 Å². The first-order valence-electron chi connectivity index (χ1n) is 5.85. The van der Waals surface area contributed by atoms with Crippen LogP contribution in [0.15, 0.2) is 18.2 Å². The molecule has 16 heavy (non-hydrogen) atoms. The molecule has 0 aliphatic carbocycles. The lowest BCUT2D eigenvalue weighted by molar-refractivity contribution is 0.199. The van der Waals surface area contributed by atoms with Crippen molar-refractivity contribution in [2.75, 3.05) is 26.9 Å². The molecule has 1 N–H and O–H groups in total. The van der Waals surface area contributed by atoms with Crippen molar-refractivity contribution in [1.82, 2.24) is 5.32 Å². The van der Waals surface area contributed by atoms with Crippen molar-refractivity contribution in [2.45, 2.75) is 19.4 Å². The van der Waals surface area contributed by atoms with E-state index in [9.17, 15) is 0 Å². The van der Waals surface area contributed by atoms with Gasteiger partial charge in [-0.15, -0.1) is 0 Å². The van der Waals surface area contributed by atoms with Crippen molar-refractivity contribution in [2.24, 2.45) is 0 Å². The first kappa shape index (κ1) is 11.4. The van der Waals surface area contributed by atoms with E-state index in [-0.39, 0.29) is 0 Å². The van der Waals surface area contributed by atoms with Gasteiger partial charge in [0.15, 0.2) is 0 Å². The van der Waals surface area contributed by atoms with Crippen LogP contribution in [-0.2, 0) is 17.7 Å². The van der Waals surface area contributed by atoms with Gasteiger partial charge in [0.2, 0.25) is 0 Å². The highest BCUT2D eigenvalue weighted by Gasteiger charge is 2.13. The van der Waals surface area contributed by atoms with Crippen LogP contribution in [0.5, 0.6) is 5.75 Å². The Morgan fingerprint density at radius 3 is 3.25 bits per heavy atom. The molecule has 1 aromatic rings. The summed E-state index contributed by atoms with van der Waals surface area (Å²) in [6.45, 7) is 3.32. The molecule has 1 heterocycles. The predicted octanol–water partition coefficient (Wildman–Crippen LogP) is 1.75. The van der Waals surface area contributed by atoms with Crippen LogP contribution in [0.4, 0.5) is 0 Å². The third-order valence-corrected chi connectivity index (χ3v) is 2.81. The van der Waals surface area contributed by atoms with E-state index in [1.165, 1.54) is 11.1 Å². The molecular weight excluding hydrogens is 202 g/mol. The smallest absolute Gasteiger partial charge is 0.126 e. The number of ether oxygens (including phenoxy) is 2. The zero-order valence-electron chi connectivity index (χ0n) is 9.79. The zero-order chi connectivity index (χ0) is 11.2. The Morgan fingerprint density at radius 2 is 2.38 bits per heavy atom. The largest absolute Gasteiger partial charge is 0.493 e. The molecule has 0 saturated carbocycles. The number of hydrogen-bond donors (Lipinski definition) is 1. The van der Waals surface area contributed by atoms with Gasteiger partial charge in [0.1, 0.15) is 5.75 Å². The van der Waals surface area contributed by atoms with Crippen molar-refractivity contribution < 1.29 is 9.47 Å². The minimum absolute atomic E-state index is 0.746. The molecule has 0 aromatic heterocycles. The molecule has 0 atom stereocenters. The first-order chi connectivity index (χ1) is 7.92. The molecular formula is C13H19NO2. The summed E-state index contributed by atoms with van der Waals surface area (Å²) in [6.07, 6.45) is 2.27. The van der Waals surface area contributed by atoms with Crippen LogP contribution >= 0.6 is 0 Å². The second-order valence-corrected chi connectivity index (χ2v) is 4.03. The van der Waals surface area contributed by atoms with Gasteiger partial charge < -0.3 is 14.8 Å². The monoisotopic (exact) mass is 221 g/mol. The fourth-order valence-corrected chi connectivity index (χ4v) is 1.99. The maximum absolute atomic E-state index is 5.74. The van der Waals surface area contributed by atoms with Crippen molar-refractivity contribution in [3.05, 3.63) is 29.3 Å². The minimum Gasteiger partial charge on any atom is -0.493 e. The Hall–Kier alpha value is -1.06. The number of para-hydroxylation sites is 1. The molecule has 0 saturated heterocycles. The molecule has 88 valence electrons. The fourth-order valence-electron chi connectivity index (χ4n) is 1.99. The SMILES string of the molecule is COCCNCc1cccc2c1OCCC2. The van der Waals surface area contributed by atoms with E-state index < -0.39 is 0 Å². The first-order valence-corrected chi connectivity index (χ1v) is 5.85. The standard InChI is InChI=1S/C13H19NO2/c1-15-9-7-14-10-12-5-2-4-11-6-3-8-16-13(11)12/h2,4-5,14H,3,6-10H2,1H3. The molecule has 0 bridgehead atoms. The highest BCUT2D eigenvalue weighted by Crippen LogP contribution is 2.28. The summed E-state index contributed by atoms with van der Waals surface area (Å²) in [7, 11) is 1.72. The fraction of sp³-hybridized carbons (Fsp3) is 0.538. The van der Waals surface area contributed by atoms with Gasteiger partial charge in [0, 0.05) is 25.8 Å². The maximum Gasteiger partial charge on any atom is 0.126 e. The molecule has 1 aromatic carbocycles. The van der Waals surface area contributed by atoms with Crippen molar-refractivity contribution >= 4 is 0 Å². The summed E-state index contributed by atoms with van der Waals surface area (Å²) >= 11 is 0. The van der Waals surface area contributed by atoms with Gasteiger partial charge in [-0.05, 0) is 18.4 Å². The average molecular weight is 221 g/mol. The second-order valence-electron chi connectivity index (χ2n) is 4.03. The third-order valence-electron chi connectivity index (χ3n) is 2.81. The number of benzene rings is 1. The van der Waals surface area contributed by atoms with E-state index in [0.29, 0.717) is 0 Å². The molecule has 2 rings (SSSR count). The number of nitrogens with one attached hydrogen (secondary N) is 1. The molecule has 0 spiro atoms. The second kappa shape index (κ2) is 5.87. The lowest BCUT2D eigenvalue weighted by Gasteiger charge is -2.20. The van der Waals surface area contributed by atoms with E-state index in [0.717, 1.165) is 44.9 Å². The van der Waals surface area contributed by atoms with E-state index in [4.69, 9.17) is 9.47 Å². The quantitative estimate of drug-likeness (QED) is 0.768. The summed E-state index contributed by atoms with van der Waals surface area (Å²) < 4.78 is 10.7. The lowest BCUT2D eigenvalue weighted by Crippen LogP contribution is -2.20. The van der Waals surface area contributed by atoms with E-state index >= 15 is 0 Å². The van der Waals surface area contributed by atoms with Gasteiger partial charge in [-0.3, -0.25) is 0 Å². The Labute approximate surface area is 96.8 Å². The molecule has 3 heteroatoms. The van der Waals surface area contributed by atoms with Crippen molar-refractivity contribution in [3.63, 3.8) is 0 Å². The number of hydrogen-bond acceptors (Lipinski definition) is 3. The Balaban J connectivity index is 1.97. The summed E-state index contributed by atoms with van der Waals surface area (Å²) in [6, 6.07) is 6.40.